The van der Waals surface area contributed by atoms with Gasteiger partial charge in [-0.3, -0.25) is 4.79 Å². The molecule has 128 valence electrons. The molecule has 2 saturated carbocycles. The SMILES string of the molecule is Cl.NC1CCCCC1CC(=O)N1CCC2(CCCCC2)CC1. The van der Waals surface area contributed by atoms with Crippen LogP contribution in [0.4, 0.5) is 0 Å². The zero-order valence-electron chi connectivity index (χ0n) is 13.9. The number of rotatable bonds is 2. The highest BCUT2D eigenvalue weighted by Gasteiger charge is 2.37. The molecule has 3 nitrogen and oxygen atoms in total. The molecule has 3 aliphatic rings. The monoisotopic (exact) mass is 328 g/mol. The third-order valence-corrected chi connectivity index (χ3v) is 6.50. The van der Waals surface area contributed by atoms with E-state index in [2.05, 4.69) is 4.90 Å². The fourth-order valence-electron chi connectivity index (χ4n) is 4.88. The lowest BCUT2D eigenvalue weighted by molar-refractivity contribution is -0.135. The van der Waals surface area contributed by atoms with Crippen molar-refractivity contribution >= 4 is 18.3 Å². The number of nitrogens with two attached hydrogens (primary N) is 1. The smallest absolute Gasteiger partial charge is 0.222 e. The van der Waals surface area contributed by atoms with Gasteiger partial charge < -0.3 is 10.6 Å². The van der Waals surface area contributed by atoms with Crippen LogP contribution in [0.5, 0.6) is 0 Å². The summed E-state index contributed by atoms with van der Waals surface area (Å²) >= 11 is 0. The molecule has 0 aromatic heterocycles. The van der Waals surface area contributed by atoms with Gasteiger partial charge in [-0.25, -0.2) is 0 Å². The summed E-state index contributed by atoms with van der Waals surface area (Å²) in [6.45, 7) is 2.00. The Labute approximate surface area is 141 Å². The summed E-state index contributed by atoms with van der Waals surface area (Å²) in [5.74, 6) is 0.819. The van der Waals surface area contributed by atoms with Crippen LogP contribution in [0.1, 0.15) is 77.0 Å². The van der Waals surface area contributed by atoms with Gasteiger partial charge >= 0.3 is 0 Å². The van der Waals surface area contributed by atoms with Gasteiger partial charge in [-0.15, -0.1) is 12.4 Å². The Bertz CT molecular complexity index is 358. The van der Waals surface area contributed by atoms with E-state index in [1.54, 1.807) is 0 Å². The van der Waals surface area contributed by atoms with Crippen LogP contribution in [-0.2, 0) is 4.79 Å². The van der Waals surface area contributed by atoms with E-state index in [4.69, 9.17) is 5.73 Å². The van der Waals surface area contributed by atoms with E-state index in [1.165, 1.54) is 57.8 Å². The fraction of sp³-hybridized carbons (Fsp3) is 0.944. The Morgan fingerprint density at radius 3 is 2.23 bits per heavy atom. The van der Waals surface area contributed by atoms with Crippen molar-refractivity contribution in [3.63, 3.8) is 0 Å². The molecule has 2 aliphatic carbocycles. The Morgan fingerprint density at radius 2 is 1.59 bits per heavy atom. The fourth-order valence-corrected chi connectivity index (χ4v) is 4.88. The summed E-state index contributed by atoms with van der Waals surface area (Å²) < 4.78 is 0. The van der Waals surface area contributed by atoms with Crippen LogP contribution < -0.4 is 5.73 Å². The molecule has 2 unspecified atom stereocenters. The third kappa shape index (κ3) is 4.17. The summed E-state index contributed by atoms with van der Waals surface area (Å²) in [6, 6.07) is 0.261. The number of amides is 1. The number of likely N-dealkylation sites (tertiary alicyclic amines) is 1. The molecule has 0 radical (unpaired) electrons. The Kier molecular flexibility index (Phi) is 6.58. The lowest BCUT2D eigenvalue weighted by Gasteiger charge is -2.44. The van der Waals surface area contributed by atoms with Crippen LogP contribution in [0.25, 0.3) is 0 Å². The highest BCUT2D eigenvalue weighted by Crippen LogP contribution is 2.44. The van der Waals surface area contributed by atoms with Crippen molar-refractivity contribution < 1.29 is 4.79 Å². The molecular formula is C18H33ClN2O. The van der Waals surface area contributed by atoms with Gasteiger partial charge in [-0.1, -0.05) is 32.1 Å². The third-order valence-electron chi connectivity index (χ3n) is 6.50. The molecule has 0 bridgehead atoms. The molecule has 1 saturated heterocycles. The van der Waals surface area contributed by atoms with E-state index in [0.29, 0.717) is 23.7 Å². The highest BCUT2D eigenvalue weighted by molar-refractivity contribution is 5.85. The van der Waals surface area contributed by atoms with Gasteiger partial charge in [0.05, 0.1) is 0 Å². The molecule has 2 N–H and O–H groups in total. The number of carbonyl (C=O) groups is 1. The van der Waals surface area contributed by atoms with Crippen molar-refractivity contribution in [2.45, 2.75) is 83.1 Å². The number of piperidine rings is 1. The molecule has 1 heterocycles. The Balaban J connectivity index is 0.00000176. The van der Waals surface area contributed by atoms with Crippen molar-refractivity contribution in [1.82, 2.24) is 4.90 Å². The van der Waals surface area contributed by atoms with Crippen molar-refractivity contribution in [1.29, 1.82) is 0 Å². The largest absolute Gasteiger partial charge is 0.343 e. The molecule has 3 rings (SSSR count). The second-order valence-corrected chi connectivity index (χ2v) is 7.85. The minimum Gasteiger partial charge on any atom is -0.343 e. The summed E-state index contributed by atoms with van der Waals surface area (Å²) in [5.41, 5.74) is 6.79. The first kappa shape index (κ1) is 18.1. The quantitative estimate of drug-likeness (QED) is 0.836. The molecule has 1 aliphatic heterocycles. The average molecular weight is 329 g/mol. The normalized spacial score (nSPS) is 31.6. The predicted octanol–water partition coefficient (Wildman–Crippen LogP) is 3.89. The molecule has 4 heteroatoms. The zero-order valence-corrected chi connectivity index (χ0v) is 14.7. The zero-order chi connectivity index (χ0) is 14.7. The van der Waals surface area contributed by atoms with Gasteiger partial charge in [0.15, 0.2) is 0 Å². The molecule has 3 fully saturated rings. The van der Waals surface area contributed by atoms with Gasteiger partial charge in [0.25, 0.3) is 0 Å². The lowest BCUT2D eigenvalue weighted by Crippen LogP contribution is -2.45. The summed E-state index contributed by atoms with van der Waals surface area (Å²) in [5, 5.41) is 0. The first-order valence-electron chi connectivity index (χ1n) is 9.22. The number of carbonyl (C=O) groups excluding carboxylic acids is 1. The molecule has 22 heavy (non-hydrogen) atoms. The van der Waals surface area contributed by atoms with E-state index in [0.717, 1.165) is 25.9 Å². The van der Waals surface area contributed by atoms with Gasteiger partial charge in [-0.2, -0.15) is 0 Å². The van der Waals surface area contributed by atoms with Crippen LogP contribution in [0.15, 0.2) is 0 Å². The van der Waals surface area contributed by atoms with Crippen LogP contribution in [0.3, 0.4) is 0 Å². The van der Waals surface area contributed by atoms with Crippen molar-refractivity contribution in [2.75, 3.05) is 13.1 Å². The van der Waals surface area contributed by atoms with Gasteiger partial charge in [0.2, 0.25) is 5.91 Å². The highest BCUT2D eigenvalue weighted by atomic mass is 35.5. The molecular weight excluding hydrogens is 296 g/mol. The van der Waals surface area contributed by atoms with E-state index >= 15 is 0 Å². The predicted molar refractivity (Wildman–Crippen MR) is 93.1 cm³/mol. The summed E-state index contributed by atoms with van der Waals surface area (Å²) in [4.78, 5) is 14.7. The molecule has 1 amide bonds. The van der Waals surface area contributed by atoms with Crippen LogP contribution >= 0.6 is 12.4 Å². The van der Waals surface area contributed by atoms with E-state index < -0.39 is 0 Å². The van der Waals surface area contributed by atoms with Crippen LogP contribution in [-0.4, -0.2) is 29.9 Å². The topological polar surface area (TPSA) is 46.3 Å². The van der Waals surface area contributed by atoms with Gasteiger partial charge in [0, 0.05) is 25.6 Å². The maximum atomic E-state index is 12.6. The second kappa shape index (κ2) is 8.01. The Hall–Kier alpha value is -0.280. The molecule has 2 atom stereocenters. The maximum Gasteiger partial charge on any atom is 0.222 e. The van der Waals surface area contributed by atoms with Gasteiger partial charge in [0.1, 0.15) is 0 Å². The molecule has 0 aromatic carbocycles. The molecule has 0 aromatic rings. The van der Waals surface area contributed by atoms with Crippen molar-refractivity contribution in [3.8, 4) is 0 Å². The second-order valence-electron chi connectivity index (χ2n) is 7.85. The van der Waals surface area contributed by atoms with Crippen molar-refractivity contribution in [2.24, 2.45) is 17.1 Å². The maximum absolute atomic E-state index is 12.6. The van der Waals surface area contributed by atoms with E-state index in [1.807, 2.05) is 0 Å². The average Bonchev–Trinajstić information content (AvgIpc) is 2.51. The number of hydrogen-bond acceptors (Lipinski definition) is 2. The van der Waals surface area contributed by atoms with Crippen LogP contribution in [0, 0.1) is 11.3 Å². The number of halogens is 1. The van der Waals surface area contributed by atoms with E-state index in [9.17, 15) is 4.79 Å². The first-order chi connectivity index (χ1) is 10.2. The van der Waals surface area contributed by atoms with Gasteiger partial charge in [-0.05, 0) is 49.9 Å². The lowest BCUT2D eigenvalue weighted by atomic mass is 9.68. The number of hydrogen-bond donors (Lipinski definition) is 1. The van der Waals surface area contributed by atoms with E-state index in [-0.39, 0.29) is 18.4 Å². The standard InChI is InChI=1S/C18H32N2O.ClH/c19-16-7-3-2-6-15(16)14-17(21)20-12-10-18(11-13-20)8-4-1-5-9-18;/h15-16H,1-14,19H2;1H. The summed E-state index contributed by atoms with van der Waals surface area (Å²) in [7, 11) is 0. The molecule has 1 spiro atoms. The van der Waals surface area contributed by atoms with Crippen molar-refractivity contribution in [3.05, 3.63) is 0 Å². The minimum atomic E-state index is 0. The Morgan fingerprint density at radius 1 is 0.955 bits per heavy atom. The summed E-state index contributed by atoms with van der Waals surface area (Å²) in [6.07, 6.45) is 15.0. The first-order valence-corrected chi connectivity index (χ1v) is 9.22. The number of nitrogens with zero attached hydrogens (tertiary/aromatic N) is 1. The minimum absolute atomic E-state index is 0. The van der Waals surface area contributed by atoms with Crippen LogP contribution in [0.2, 0.25) is 0 Å².